The van der Waals surface area contributed by atoms with Crippen molar-refractivity contribution < 1.29 is 9.26 Å². The SMILES string of the molecule is CCn1c(C)cc(C)c(-c2nc([C@H]3CCOC3)no2)c1=O. The van der Waals surface area contributed by atoms with Crippen LogP contribution in [-0.4, -0.2) is 27.9 Å². The Kier molecular flexibility index (Phi) is 3.63. The van der Waals surface area contributed by atoms with Crippen LogP contribution in [0.1, 0.15) is 36.3 Å². The second kappa shape index (κ2) is 5.44. The average Bonchev–Trinajstić information content (AvgIpc) is 3.09. The highest BCUT2D eigenvalue weighted by Gasteiger charge is 2.25. The maximum atomic E-state index is 12.6. The fraction of sp³-hybridized carbons (Fsp3) is 0.533. The summed E-state index contributed by atoms with van der Waals surface area (Å²) in [6, 6.07) is 1.97. The Balaban J connectivity index is 2.06. The monoisotopic (exact) mass is 289 g/mol. The molecule has 6 heteroatoms. The Bertz CT molecular complexity index is 711. The summed E-state index contributed by atoms with van der Waals surface area (Å²) in [5, 5.41) is 4.02. The van der Waals surface area contributed by atoms with Gasteiger partial charge in [-0.25, -0.2) is 0 Å². The van der Waals surface area contributed by atoms with Gasteiger partial charge in [-0.2, -0.15) is 4.98 Å². The Hall–Kier alpha value is -1.95. The van der Waals surface area contributed by atoms with E-state index in [1.165, 1.54) is 0 Å². The van der Waals surface area contributed by atoms with Gasteiger partial charge in [-0.1, -0.05) is 5.16 Å². The summed E-state index contributed by atoms with van der Waals surface area (Å²) in [7, 11) is 0. The number of hydrogen-bond donors (Lipinski definition) is 0. The molecule has 2 aromatic heterocycles. The molecule has 3 rings (SSSR count). The van der Waals surface area contributed by atoms with Crippen molar-refractivity contribution in [3.05, 3.63) is 33.5 Å². The van der Waals surface area contributed by atoms with Crippen molar-refractivity contribution >= 4 is 0 Å². The molecule has 21 heavy (non-hydrogen) atoms. The predicted molar refractivity (Wildman–Crippen MR) is 77.3 cm³/mol. The molecule has 0 amide bonds. The van der Waals surface area contributed by atoms with Gasteiger partial charge in [0.15, 0.2) is 5.82 Å². The number of aryl methyl sites for hydroxylation is 2. The summed E-state index contributed by atoms with van der Waals surface area (Å²) in [6.45, 7) is 7.73. The van der Waals surface area contributed by atoms with Crippen molar-refractivity contribution in [1.29, 1.82) is 0 Å². The minimum atomic E-state index is -0.0760. The first-order valence-electron chi connectivity index (χ1n) is 7.24. The van der Waals surface area contributed by atoms with Gasteiger partial charge in [0.2, 0.25) is 0 Å². The van der Waals surface area contributed by atoms with Crippen LogP contribution in [0.3, 0.4) is 0 Å². The van der Waals surface area contributed by atoms with E-state index in [0.717, 1.165) is 24.3 Å². The molecular formula is C15H19N3O3. The standard InChI is InChI=1S/C15H19N3O3/c1-4-18-10(3)7-9(2)12(15(18)19)14-16-13(17-21-14)11-5-6-20-8-11/h7,11H,4-6,8H2,1-3H3/t11-/m0/s1. The maximum Gasteiger partial charge on any atom is 0.263 e. The largest absolute Gasteiger partial charge is 0.381 e. The minimum Gasteiger partial charge on any atom is -0.381 e. The lowest BCUT2D eigenvalue weighted by atomic mass is 10.1. The molecule has 1 aliphatic rings. The van der Waals surface area contributed by atoms with Crippen molar-refractivity contribution in [2.45, 2.75) is 39.7 Å². The van der Waals surface area contributed by atoms with Gasteiger partial charge in [0.1, 0.15) is 5.56 Å². The van der Waals surface area contributed by atoms with E-state index in [2.05, 4.69) is 10.1 Å². The molecular weight excluding hydrogens is 270 g/mol. The molecule has 1 fully saturated rings. The van der Waals surface area contributed by atoms with Crippen LogP contribution in [0.2, 0.25) is 0 Å². The Labute approximate surface area is 122 Å². The zero-order valence-electron chi connectivity index (χ0n) is 12.5. The third kappa shape index (κ3) is 2.40. The highest BCUT2D eigenvalue weighted by molar-refractivity contribution is 5.57. The first kappa shape index (κ1) is 14.0. The third-order valence-corrected chi connectivity index (χ3v) is 3.97. The van der Waals surface area contributed by atoms with Gasteiger partial charge in [-0.3, -0.25) is 4.79 Å². The van der Waals surface area contributed by atoms with Crippen LogP contribution in [0.15, 0.2) is 15.4 Å². The Morgan fingerprint density at radius 2 is 2.24 bits per heavy atom. The van der Waals surface area contributed by atoms with E-state index in [-0.39, 0.29) is 11.5 Å². The normalized spacial score (nSPS) is 18.3. The molecule has 0 N–H and O–H groups in total. The van der Waals surface area contributed by atoms with Gasteiger partial charge in [0.25, 0.3) is 11.4 Å². The van der Waals surface area contributed by atoms with Gasteiger partial charge in [0.05, 0.1) is 6.61 Å². The number of aromatic nitrogens is 3. The fourth-order valence-electron chi connectivity index (χ4n) is 2.82. The molecule has 1 saturated heterocycles. The van der Waals surface area contributed by atoms with E-state index in [1.807, 2.05) is 26.8 Å². The lowest BCUT2D eigenvalue weighted by Gasteiger charge is -2.10. The summed E-state index contributed by atoms with van der Waals surface area (Å²) in [6.07, 6.45) is 0.894. The Morgan fingerprint density at radius 3 is 2.90 bits per heavy atom. The van der Waals surface area contributed by atoms with Crippen molar-refractivity contribution in [2.75, 3.05) is 13.2 Å². The first-order chi connectivity index (χ1) is 10.1. The van der Waals surface area contributed by atoms with Gasteiger partial charge in [0, 0.05) is 24.8 Å². The molecule has 0 aliphatic carbocycles. The summed E-state index contributed by atoms with van der Waals surface area (Å²) in [5.41, 5.74) is 2.22. The van der Waals surface area contributed by atoms with Crippen LogP contribution >= 0.6 is 0 Å². The molecule has 6 nitrogen and oxygen atoms in total. The van der Waals surface area contributed by atoms with Crippen LogP contribution in [-0.2, 0) is 11.3 Å². The van der Waals surface area contributed by atoms with E-state index >= 15 is 0 Å². The van der Waals surface area contributed by atoms with Crippen LogP contribution in [0, 0.1) is 13.8 Å². The van der Waals surface area contributed by atoms with Crippen LogP contribution in [0.25, 0.3) is 11.5 Å². The lowest BCUT2D eigenvalue weighted by Crippen LogP contribution is -2.24. The molecule has 112 valence electrons. The summed E-state index contributed by atoms with van der Waals surface area (Å²) in [4.78, 5) is 17.0. The Morgan fingerprint density at radius 1 is 1.43 bits per heavy atom. The van der Waals surface area contributed by atoms with Crippen molar-refractivity contribution in [3.63, 3.8) is 0 Å². The highest BCUT2D eigenvalue weighted by atomic mass is 16.5. The van der Waals surface area contributed by atoms with Gasteiger partial charge < -0.3 is 13.8 Å². The van der Waals surface area contributed by atoms with E-state index in [0.29, 0.717) is 30.4 Å². The molecule has 0 aromatic carbocycles. The number of rotatable bonds is 3. The minimum absolute atomic E-state index is 0.0760. The van der Waals surface area contributed by atoms with Crippen LogP contribution < -0.4 is 5.56 Å². The summed E-state index contributed by atoms with van der Waals surface area (Å²) in [5.74, 6) is 1.10. The number of ether oxygens (including phenoxy) is 1. The van der Waals surface area contributed by atoms with E-state index < -0.39 is 0 Å². The van der Waals surface area contributed by atoms with Crippen LogP contribution in [0.4, 0.5) is 0 Å². The highest BCUT2D eigenvalue weighted by Crippen LogP contribution is 2.25. The topological polar surface area (TPSA) is 70.2 Å². The van der Waals surface area contributed by atoms with Crippen molar-refractivity contribution in [3.8, 4) is 11.5 Å². The number of hydrogen-bond acceptors (Lipinski definition) is 5. The molecule has 0 bridgehead atoms. The number of pyridine rings is 1. The zero-order chi connectivity index (χ0) is 15.0. The lowest BCUT2D eigenvalue weighted by molar-refractivity contribution is 0.192. The molecule has 0 unspecified atom stereocenters. The summed E-state index contributed by atoms with van der Waals surface area (Å²) >= 11 is 0. The van der Waals surface area contributed by atoms with E-state index in [4.69, 9.17) is 9.26 Å². The van der Waals surface area contributed by atoms with E-state index in [1.54, 1.807) is 4.57 Å². The third-order valence-electron chi connectivity index (χ3n) is 3.97. The van der Waals surface area contributed by atoms with Crippen LogP contribution in [0.5, 0.6) is 0 Å². The molecule has 0 spiro atoms. The molecule has 1 aliphatic heterocycles. The fourth-order valence-corrected chi connectivity index (χ4v) is 2.82. The van der Waals surface area contributed by atoms with Crippen molar-refractivity contribution in [2.24, 2.45) is 0 Å². The molecule has 0 radical (unpaired) electrons. The van der Waals surface area contributed by atoms with Crippen molar-refractivity contribution in [1.82, 2.24) is 14.7 Å². The smallest absolute Gasteiger partial charge is 0.263 e. The first-order valence-corrected chi connectivity index (χ1v) is 7.24. The number of nitrogens with zero attached hydrogens (tertiary/aromatic N) is 3. The second-order valence-corrected chi connectivity index (χ2v) is 5.41. The average molecular weight is 289 g/mol. The van der Waals surface area contributed by atoms with Gasteiger partial charge >= 0.3 is 0 Å². The van der Waals surface area contributed by atoms with E-state index in [9.17, 15) is 4.79 Å². The zero-order valence-corrected chi connectivity index (χ0v) is 12.5. The van der Waals surface area contributed by atoms with Gasteiger partial charge in [-0.05, 0) is 38.8 Å². The maximum absolute atomic E-state index is 12.6. The molecule has 3 heterocycles. The molecule has 0 saturated carbocycles. The molecule has 2 aromatic rings. The quantitative estimate of drug-likeness (QED) is 0.864. The molecule has 1 atom stereocenters. The summed E-state index contributed by atoms with van der Waals surface area (Å²) < 4.78 is 12.4. The predicted octanol–water partition coefficient (Wildman–Crippen LogP) is 2.04. The second-order valence-electron chi connectivity index (χ2n) is 5.41. The van der Waals surface area contributed by atoms with Gasteiger partial charge in [-0.15, -0.1) is 0 Å².